The van der Waals surface area contributed by atoms with E-state index in [9.17, 15) is 13.5 Å². The molecule has 29 heavy (non-hydrogen) atoms. The standard InChI is InChI=1S/C24H31NO3S/c1-16-13-17(2)15-18(14-16)25(29(27,28)19-9-7-6-8-10-19)21-20-11-12-24(5,22(21)26)23(20,3)4/h6-10,13-15,20-22,26H,11-12H2,1-5H3/t20?,21-,22+,24-/m1/s1. The van der Waals surface area contributed by atoms with Gasteiger partial charge in [-0.2, -0.15) is 0 Å². The second-order valence-corrected chi connectivity index (χ2v) is 11.5. The van der Waals surface area contributed by atoms with Gasteiger partial charge >= 0.3 is 0 Å². The highest BCUT2D eigenvalue weighted by atomic mass is 32.2. The number of nitrogens with zero attached hydrogens (tertiary/aromatic N) is 1. The van der Waals surface area contributed by atoms with E-state index in [2.05, 4.69) is 20.8 Å². The molecule has 2 bridgehead atoms. The molecule has 2 fully saturated rings. The van der Waals surface area contributed by atoms with Crippen molar-refractivity contribution in [2.45, 2.75) is 64.5 Å². The van der Waals surface area contributed by atoms with E-state index in [0.29, 0.717) is 5.69 Å². The highest BCUT2D eigenvalue weighted by molar-refractivity contribution is 7.92. The Morgan fingerprint density at radius 1 is 1.00 bits per heavy atom. The van der Waals surface area contributed by atoms with Crippen LogP contribution in [0.5, 0.6) is 0 Å². The molecule has 156 valence electrons. The third-order valence-electron chi connectivity index (χ3n) is 7.79. The molecular formula is C24H31NO3S. The lowest BCUT2D eigenvalue weighted by atomic mass is 9.70. The van der Waals surface area contributed by atoms with Crippen LogP contribution in [-0.4, -0.2) is 25.7 Å². The fraction of sp³-hybridized carbons (Fsp3) is 0.500. The van der Waals surface area contributed by atoms with Gasteiger partial charge in [0.05, 0.1) is 22.7 Å². The molecule has 1 N–H and O–H groups in total. The Hall–Kier alpha value is -1.85. The van der Waals surface area contributed by atoms with E-state index < -0.39 is 22.2 Å². The van der Waals surface area contributed by atoms with E-state index in [0.717, 1.165) is 24.0 Å². The molecule has 2 aliphatic rings. The number of hydrogen-bond donors (Lipinski definition) is 1. The molecule has 4 atom stereocenters. The molecule has 0 spiro atoms. The highest BCUT2D eigenvalue weighted by Crippen LogP contribution is 2.67. The Labute approximate surface area is 174 Å². The summed E-state index contributed by atoms with van der Waals surface area (Å²) in [5.74, 6) is 0.0989. The number of aliphatic hydroxyl groups excluding tert-OH is 1. The first-order valence-electron chi connectivity index (χ1n) is 10.4. The molecule has 2 aliphatic carbocycles. The van der Waals surface area contributed by atoms with Crippen molar-refractivity contribution < 1.29 is 13.5 Å². The van der Waals surface area contributed by atoms with Crippen LogP contribution in [0.3, 0.4) is 0 Å². The summed E-state index contributed by atoms with van der Waals surface area (Å²) in [5, 5.41) is 11.4. The van der Waals surface area contributed by atoms with Gasteiger partial charge in [-0.3, -0.25) is 4.31 Å². The Kier molecular flexibility index (Phi) is 4.63. The van der Waals surface area contributed by atoms with Crippen LogP contribution in [0.1, 0.15) is 44.7 Å². The summed E-state index contributed by atoms with van der Waals surface area (Å²) in [7, 11) is -3.83. The molecule has 0 amide bonds. The van der Waals surface area contributed by atoms with E-state index in [1.54, 1.807) is 24.3 Å². The van der Waals surface area contributed by atoms with Crippen molar-refractivity contribution in [1.82, 2.24) is 0 Å². The molecule has 2 aromatic carbocycles. The maximum absolute atomic E-state index is 13.9. The van der Waals surface area contributed by atoms with Gasteiger partial charge in [-0.05, 0) is 73.4 Å². The maximum Gasteiger partial charge on any atom is 0.264 e. The lowest BCUT2D eigenvalue weighted by Gasteiger charge is -2.40. The largest absolute Gasteiger partial charge is 0.390 e. The monoisotopic (exact) mass is 413 g/mol. The van der Waals surface area contributed by atoms with Gasteiger partial charge in [0.15, 0.2) is 0 Å². The Morgan fingerprint density at radius 2 is 1.59 bits per heavy atom. The SMILES string of the molecule is Cc1cc(C)cc(N([C@@H]2C3CC[C@](C)([C@H]2O)C3(C)C)S(=O)(=O)c2ccccc2)c1. The normalized spacial score (nSPS) is 30.5. The van der Waals surface area contributed by atoms with Crippen LogP contribution in [0.4, 0.5) is 5.69 Å². The van der Waals surface area contributed by atoms with Crippen LogP contribution >= 0.6 is 0 Å². The number of aryl methyl sites for hydroxylation is 2. The molecule has 0 aliphatic heterocycles. The zero-order valence-corrected chi connectivity index (χ0v) is 18.7. The number of hydrogen-bond acceptors (Lipinski definition) is 3. The first-order chi connectivity index (χ1) is 13.5. The molecule has 0 heterocycles. The van der Waals surface area contributed by atoms with E-state index in [-0.39, 0.29) is 21.6 Å². The number of fused-ring (bicyclic) bond motifs is 2. The number of benzene rings is 2. The Balaban J connectivity index is 1.93. The summed E-state index contributed by atoms with van der Waals surface area (Å²) in [6.07, 6.45) is 1.14. The van der Waals surface area contributed by atoms with Gasteiger partial charge in [-0.25, -0.2) is 8.42 Å². The van der Waals surface area contributed by atoms with E-state index in [1.165, 1.54) is 4.31 Å². The van der Waals surface area contributed by atoms with Crippen LogP contribution in [0.2, 0.25) is 0 Å². The molecule has 4 nitrogen and oxygen atoms in total. The topological polar surface area (TPSA) is 57.6 Å². The number of aliphatic hydroxyl groups is 1. The summed E-state index contributed by atoms with van der Waals surface area (Å²) >= 11 is 0. The van der Waals surface area contributed by atoms with Crippen molar-refractivity contribution in [1.29, 1.82) is 0 Å². The summed E-state index contributed by atoms with van der Waals surface area (Å²) in [6, 6.07) is 14.0. The highest BCUT2D eigenvalue weighted by Gasteiger charge is 2.68. The van der Waals surface area contributed by atoms with Crippen molar-refractivity contribution in [3.8, 4) is 0 Å². The zero-order chi connectivity index (χ0) is 21.2. The van der Waals surface area contributed by atoms with Crippen LogP contribution in [0, 0.1) is 30.6 Å². The van der Waals surface area contributed by atoms with Crippen LogP contribution in [-0.2, 0) is 10.0 Å². The molecule has 0 aromatic heterocycles. The predicted molar refractivity (Wildman–Crippen MR) is 116 cm³/mol. The summed E-state index contributed by atoms with van der Waals surface area (Å²) in [6.45, 7) is 10.4. The second-order valence-electron chi connectivity index (χ2n) is 9.68. The predicted octanol–water partition coefficient (Wildman–Crippen LogP) is 4.68. The molecule has 1 unspecified atom stereocenters. The Morgan fingerprint density at radius 3 is 2.10 bits per heavy atom. The molecule has 0 saturated heterocycles. The minimum Gasteiger partial charge on any atom is -0.390 e. The van der Waals surface area contributed by atoms with Gasteiger partial charge in [0.25, 0.3) is 10.0 Å². The molecule has 0 radical (unpaired) electrons. The van der Waals surface area contributed by atoms with Crippen LogP contribution < -0.4 is 4.31 Å². The van der Waals surface area contributed by atoms with E-state index >= 15 is 0 Å². The summed E-state index contributed by atoms with van der Waals surface area (Å²) in [4.78, 5) is 0.261. The molecule has 2 saturated carbocycles. The van der Waals surface area contributed by atoms with Crippen molar-refractivity contribution in [3.63, 3.8) is 0 Å². The first kappa shape index (κ1) is 20.4. The van der Waals surface area contributed by atoms with Gasteiger partial charge in [-0.15, -0.1) is 0 Å². The van der Waals surface area contributed by atoms with Crippen molar-refractivity contribution in [2.75, 3.05) is 4.31 Å². The van der Waals surface area contributed by atoms with Gasteiger partial charge < -0.3 is 5.11 Å². The van der Waals surface area contributed by atoms with Crippen molar-refractivity contribution in [2.24, 2.45) is 16.7 Å². The van der Waals surface area contributed by atoms with Gasteiger partial charge in [0.2, 0.25) is 0 Å². The number of rotatable bonds is 4. The first-order valence-corrected chi connectivity index (χ1v) is 11.8. The summed E-state index contributed by atoms with van der Waals surface area (Å²) < 4.78 is 29.3. The molecule has 4 rings (SSSR count). The minimum absolute atomic E-state index is 0.0989. The van der Waals surface area contributed by atoms with E-state index in [4.69, 9.17) is 0 Å². The van der Waals surface area contributed by atoms with Crippen molar-refractivity contribution >= 4 is 15.7 Å². The van der Waals surface area contributed by atoms with Gasteiger partial charge in [0.1, 0.15) is 0 Å². The fourth-order valence-electron chi connectivity index (χ4n) is 5.83. The lowest BCUT2D eigenvalue weighted by molar-refractivity contribution is 0.00654. The van der Waals surface area contributed by atoms with E-state index in [1.807, 2.05) is 38.1 Å². The molecule has 2 aromatic rings. The third kappa shape index (κ3) is 2.85. The maximum atomic E-state index is 13.9. The Bertz CT molecular complexity index is 1010. The molecular weight excluding hydrogens is 382 g/mol. The quantitative estimate of drug-likeness (QED) is 0.791. The zero-order valence-electron chi connectivity index (χ0n) is 17.9. The molecule has 5 heteroatoms. The average Bonchev–Trinajstić information content (AvgIpc) is 2.95. The summed E-state index contributed by atoms with van der Waals surface area (Å²) in [5.41, 5.74) is 2.22. The number of anilines is 1. The van der Waals surface area contributed by atoms with Gasteiger partial charge in [-0.1, -0.05) is 45.0 Å². The second kappa shape index (κ2) is 6.58. The smallest absolute Gasteiger partial charge is 0.264 e. The van der Waals surface area contributed by atoms with Crippen molar-refractivity contribution in [3.05, 3.63) is 59.7 Å². The number of sulfonamides is 1. The third-order valence-corrected chi connectivity index (χ3v) is 9.63. The fourth-order valence-corrected chi connectivity index (χ4v) is 7.53. The van der Waals surface area contributed by atoms with Crippen LogP contribution in [0.15, 0.2) is 53.4 Å². The van der Waals surface area contributed by atoms with Crippen LogP contribution in [0.25, 0.3) is 0 Å². The van der Waals surface area contributed by atoms with Gasteiger partial charge in [0, 0.05) is 5.41 Å². The minimum atomic E-state index is -3.83. The lowest BCUT2D eigenvalue weighted by Crippen LogP contribution is -2.52. The average molecular weight is 414 g/mol.